The van der Waals surface area contributed by atoms with Crippen LogP contribution < -0.4 is 4.31 Å². The van der Waals surface area contributed by atoms with Crippen LogP contribution in [-0.4, -0.2) is 48.0 Å². The number of pyridine rings is 1. The van der Waals surface area contributed by atoms with Crippen LogP contribution in [0.1, 0.15) is 26.0 Å². The van der Waals surface area contributed by atoms with Crippen molar-refractivity contribution in [1.82, 2.24) is 15.0 Å². The summed E-state index contributed by atoms with van der Waals surface area (Å²) in [6.45, 7) is 3.94. The van der Waals surface area contributed by atoms with Crippen molar-refractivity contribution in [3.05, 3.63) is 36.4 Å². The second-order valence-corrected chi connectivity index (χ2v) is 9.66. The lowest BCUT2D eigenvalue weighted by molar-refractivity contribution is 0.0855. The van der Waals surface area contributed by atoms with Crippen LogP contribution in [0.25, 0.3) is 21.3 Å². The Morgan fingerprint density at radius 1 is 1.34 bits per heavy atom. The molecular weight excluding hydrogens is 414 g/mol. The Morgan fingerprint density at radius 3 is 2.86 bits per heavy atom. The molecule has 152 valence electrons. The molecule has 0 saturated carbocycles. The molecule has 0 bridgehead atoms. The van der Waals surface area contributed by atoms with E-state index in [4.69, 9.17) is 9.25 Å². The molecule has 0 aromatic carbocycles. The number of oxazole rings is 1. The Kier molecular flexibility index (Phi) is 5.09. The van der Waals surface area contributed by atoms with Gasteiger partial charge in [0.1, 0.15) is 21.7 Å². The first-order chi connectivity index (χ1) is 13.8. The summed E-state index contributed by atoms with van der Waals surface area (Å²) in [5.41, 5.74) is 1.81. The summed E-state index contributed by atoms with van der Waals surface area (Å²) in [7, 11) is -3.52. The molecule has 3 aromatic heterocycles. The van der Waals surface area contributed by atoms with Gasteiger partial charge in [0.25, 0.3) is 0 Å². The van der Waals surface area contributed by atoms with E-state index in [0.29, 0.717) is 22.7 Å². The van der Waals surface area contributed by atoms with E-state index in [1.807, 2.05) is 26.0 Å². The molecule has 0 saturated heterocycles. The summed E-state index contributed by atoms with van der Waals surface area (Å²) >= 11 is 1.38. The predicted octanol–water partition coefficient (Wildman–Crippen LogP) is 3.16. The smallest absolute Gasteiger partial charge is 0.241 e. The van der Waals surface area contributed by atoms with Crippen molar-refractivity contribution in [3.63, 3.8) is 0 Å². The fraction of sp³-hybridized carbons (Fsp3) is 0.333. The van der Waals surface area contributed by atoms with Gasteiger partial charge in [0, 0.05) is 30.9 Å². The van der Waals surface area contributed by atoms with Crippen molar-refractivity contribution in [2.24, 2.45) is 5.16 Å². The molecule has 0 atom stereocenters. The molecule has 11 heteroatoms. The molecule has 0 radical (unpaired) electrons. The van der Waals surface area contributed by atoms with Crippen LogP contribution in [0.3, 0.4) is 0 Å². The summed E-state index contributed by atoms with van der Waals surface area (Å²) < 4.78 is 31.5. The predicted molar refractivity (Wildman–Crippen MR) is 110 cm³/mol. The molecule has 0 N–H and O–H groups in total. The van der Waals surface area contributed by atoms with Crippen LogP contribution in [0.15, 0.2) is 40.3 Å². The lowest BCUT2D eigenvalue weighted by atomic mass is 10.1. The number of fused-ring (bicyclic) bond motifs is 1. The molecule has 0 fully saturated rings. The maximum Gasteiger partial charge on any atom is 0.241 e. The second kappa shape index (κ2) is 7.56. The standard InChI is InChI=1S/C18H19N5O4S2/c1-11(2)27-22-13-6-8-23(29(3,24)25)18-15(13)21-16(26-18)14-10-20-17(28-14)12-5-4-7-19-9-12/h4-5,7,9-11H,6,8H2,1-3H3. The molecule has 4 heterocycles. The van der Waals surface area contributed by atoms with E-state index >= 15 is 0 Å². The highest BCUT2D eigenvalue weighted by atomic mass is 32.2. The lowest BCUT2D eigenvalue weighted by Gasteiger charge is -2.24. The van der Waals surface area contributed by atoms with Crippen molar-refractivity contribution >= 4 is 33.0 Å². The third kappa shape index (κ3) is 4.01. The van der Waals surface area contributed by atoms with E-state index in [1.54, 1.807) is 18.6 Å². The molecular formula is C18H19N5O4S2. The highest BCUT2D eigenvalue weighted by molar-refractivity contribution is 7.92. The van der Waals surface area contributed by atoms with Crippen molar-refractivity contribution in [2.75, 3.05) is 17.1 Å². The minimum absolute atomic E-state index is 0.103. The van der Waals surface area contributed by atoms with Gasteiger partial charge in [-0.1, -0.05) is 5.16 Å². The molecule has 9 nitrogen and oxygen atoms in total. The number of thiazole rings is 1. The summed E-state index contributed by atoms with van der Waals surface area (Å²) in [5, 5.41) is 4.92. The summed E-state index contributed by atoms with van der Waals surface area (Å²) in [4.78, 5) is 19.1. The maximum absolute atomic E-state index is 12.2. The Balaban J connectivity index is 1.76. The minimum atomic E-state index is -3.52. The number of hydrogen-bond donors (Lipinski definition) is 0. The quantitative estimate of drug-likeness (QED) is 0.568. The number of nitrogens with zero attached hydrogens (tertiary/aromatic N) is 5. The van der Waals surface area contributed by atoms with Gasteiger partial charge in [-0.3, -0.25) is 4.98 Å². The highest BCUT2D eigenvalue weighted by Crippen LogP contribution is 2.37. The van der Waals surface area contributed by atoms with Crippen molar-refractivity contribution in [1.29, 1.82) is 0 Å². The number of sulfonamides is 1. The topological polar surface area (TPSA) is 111 Å². The van der Waals surface area contributed by atoms with Gasteiger partial charge in [-0.2, -0.15) is 0 Å². The molecule has 4 rings (SSSR count). The van der Waals surface area contributed by atoms with Gasteiger partial charge in [-0.15, -0.1) is 11.3 Å². The second-order valence-electron chi connectivity index (χ2n) is 6.72. The molecule has 0 unspecified atom stereocenters. The zero-order valence-corrected chi connectivity index (χ0v) is 17.7. The van der Waals surface area contributed by atoms with Gasteiger partial charge in [0.05, 0.1) is 12.5 Å². The first-order valence-corrected chi connectivity index (χ1v) is 11.6. The zero-order valence-electron chi connectivity index (χ0n) is 16.1. The summed E-state index contributed by atoms with van der Waals surface area (Å²) in [5.74, 6) is 0.437. The zero-order chi connectivity index (χ0) is 20.6. The van der Waals surface area contributed by atoms with Gasteiger partial charge in [-0.05, 0) is 26.0 Å². The van der Waals surface area contributed by atoms with Gasteiger partial charge in [0.15, 0.2) is 5.69 Å². The van der Waals surface area contributed by atoms with Gasteiger partial charge < -0.3 is 9.25 Å². The van der Waals surface area contributed by atoms with Crippen molar-refractivity contribution in [2.45, 2.75) is 26.4 Å². The van der Waals surface area contributed by atoms with Crippen LogP contribution in [0.5, 0.6) is 0 Å². The van der Waals surface area contributed by atoms with E-state index in [0.717, 1.165) is 16.8 Å². The van der Waals surface area contributed by atoms with Crippen LogP contribution in [0, 0.1) is 0 Å². The number of anilines is 1. The molecule has 1 aliphatic heterocycles. The maximum atomic E-state index is 12.2. The Hall–Kier alpha value is -2.79. The fourth-order valence-electron chi connectivity index (χ4n) is 2.77. The number of aromatic nitrogens is 3. The van der Waals surface area contributed by atoms with Gasteiger partial charge in [0.2, 0.25) is 21.8 Å². The van der Waals surface area contributed by atoms with Crippen LogP contribution >= 0.6 is 11.3 Å². The molecule has 1 aliphatic rings. The van der Waals surface area contributed by atoms with Crippen molar-refractivity contribution in [3.8, 4) is 21.3 Å². The number of rotatable bonds is 5. The monoisotopic (exact) mass is 433 g/mol. The average molecular weight is 434 g/mol. The number of hydrogen-bond acceptors (Lipinski definition) is 9. The van der Waals surface area contributed by atoms with E-state index in [9.17, 15) is 8.42 Å². The Labute approximate surface area is 172 Å². The molecule has 3 aromatic rings. The van der Waals surface area contributed by atoms with Crippen molar-refractivity contribution < 1.29 is 17.7 Å². The molecule has 0 aliphatic carbocycles. The van der Waals surface area contributed by atoms with Crippen LogP contribution in [0.2, 0.25) is 0 Å². The van der Waals surface area contributed by atoms with Gasteiger partial charge in [-0.25, -0.2) is 22.7 Å². The average Bonchev–Trinajstić information content (AvgIpc) is 3.33. The Bertz CT molecular complexity index is 1150. The first-order valence-electron chi connectivity index (χ1n) is 8.91. The molecule has 0 spiro atoms. The molecule has 0 amide bonds. The SMILES string of the molecule is CC(C)ON=C1CCN(S(C)(=O)=O)c2oc(-c3cnc(-c4cccnc4)s3)nc21. The third-order valence-corrected chi connectivity index (χ3v) is 6.24. The third-order valence-electron chi connectivity index (χ3n) is 4.06. The minimum Gasteiger partial charge on any atom is -0.418 e. The number of oxime groups is 1. The summed E-state index contributed by atoms with van der Waals surface area (Å²) in [6.07, 6.45) is 6.48. The first kappa shape index (κ1) is 19.5. The van der Waals surface area contributed by atoms with E-state index in [-0.39, 0.29) is 24.4 Å². The molecule has 29 heavy (non-hydrogen) atoms. The van der Waals surface area contributed by atoms with E-state index in [1.165, 1.54) is 15.6 Å². The fourth-order valence-corrected chi connectivity index (χ4v) is 4.45. The normalized spacial score (nSPS) is 15.7. The van der Waals surface area contributed by atoms with Crippen LogP contribution in [0.4, 0.5) is 5.88 Å². The summed E-state index contributed by atoms with van der Waals surface area (Å²) in [6, 6.07) is 3.75. The van der Waals surface area contributed by atoms with E-state index < -0.39 is 10.0 Å². The van der Waals surface area contributed by atoms with E-state index in [2.05, 4.69) is 20.1 Å². The highest BCUT2D eigenvalue weighted by Gasteiger charge is 2.34. The van der Waals surface area contributed by atoms with Gasteiger partial charge >= 0.3 is 0 Å². The van der Waals surface area contributed by atoms with Crippen LogP contribution in [-0.2, 0) is 14.9 Å². The Morgan fingerprint density at radius 2 is 2.17 bits per heavy atom. The lowest BCUT2D eigenvalue weighted by Crippen LogP contribution is -2.36. The largest absolute Gasteiger partial charge is 0.418 e.